The molecule has 0 N–H and O–H groups in total. The van der Waals surface area contributed by atoms with E-state index in [2.05, 4.69) is 27.0 Å². The fourth-order valence-corrected chi connectivity index (χ4v) is 6.22. The average molecular weight is 703 g/mol. The number of carbonyl (C=O) groups is 1. The summed E-state index contributed by atoms with van der Waals surface area (Å²) < 4.78 is 55.4. The molecule has 1 atom stereocenters. The van der Waals surface area contributed by atoms with Crippen LogP contribution in [0.15, 0.2) is 92.3 Å². The Morgan fingerprint density at radius 2 is 1.91 bits per heavy atom. The van der Waals surface area contributed by atoms with Crippen LogP contribution in [0.2, 0.25) is 5.02 Å². The summed E-state index contributed by atoms with van der Waals surface area (Å²) in [5.74, 6) is -0.747. The lowest BCUT2D eigenvalue weighted by atomic mass is 9.95. The lowest BCUT2D eigenvalue weighted by Gasteiger charge is -2.26. The fraction of sp³-hybridized carbons (Fsp3) is 0.161. The molecule has 0 radical (unpaired) electrons. The van der Waals surface area contributed by atoms with Crippen molar-refractivity contribution in [2.75, 3.05) is 6.61 Å². The smallest absolute Gasteiger partial charge is 0.434 e. The molecule has 3 aromatic carbocycles. The van der Waals surface area contributed by atoms with Gasteiger partial charge in [0.25, 0.3) is 5.56 Å². The maximum atomic E-state index is 14.3. The van der Waals surface area contributed by atoms with Gasteiger partial charge in [-0.2, -0.15) is 18.4 Å². The quantitative estimate of drug-likeness (QED) is 0.214. The van der Waals surface area contributed by atoms with E-state index < -0.39 is 35.0 Å². The van der Waals surface area contributed by atoms with Gasteiger partial charge in [0.15, 0.2) is 10.5 Å². The van der Waals surface area contributed by atoms with Crippen LogP contribution in [-0.4, -0.2) is 23.3 Å². The second-order valence-corrected chi connectivity index (χ2v) is 11.7. The van der Waals surface area contributed by atoms with E-state index in [0.29, 0.717) is 31.9 Å². The van der Waals surface area contributed by atoms with Gasteiger partial charge < -0.3 is 9.47 Å². The molecule has 1 aliphatic rings. The minimum absolute atomic E-state index is 0.0952. The fourth-order valence-electron chi connectivity index (χ4n) is 4.59. The van der Waals surface area contributed by atoms with Gasteiger partial charge in [-0.05, 0) is 70.4 Å². The van der Waals surface area contributed by atoms with Crippen LogP contribution in [0.4, 0.5) is 13.2 Å². The summed E-state index contributed by atoms with van der Waals surface area (Å²) >= 11 is 10.2. The summed E-state index contributed by atoms with van der Waals surface area (Å²) in [5, 5.41) is 9.63. The van der Waals surface area contributed by atoms with Crippen molar-refractivity contribution in [1.82, 2.24) is 4.57 Å². The summed E-state index contributed by atoms with van der Waals surface area (Å²) in [4.78, 5) is 30.2. The van der Waals surface area contributed by atoms with Gasteiger partial charge in [0.2, 0.25) is 0 Å². The maximum absolute atomic E-state index is 14.3. The number of fused-ring (bicyclic) bond motifs is 1. The number of carbonyl (C=O) groups excluding carboxylic acids is 1. The van der Waals surface area contributed by atoms with Crippen molar-refractivity contribution < 1.29 is 27.4 Å². The first-order valence-corrected chi connectivity index (χ1v) is 15.0. The number of hydrogen-bond acceptors (Lipinski definition) is 7. The number of nitriles is 1. The van der Waals surface area contributed by atoms with Crippen LogP contribution in [0.1, 0.15) is 35.2 Å². The molecular formula is C31H20BrClF3N3O4S. The number of benzene rings is 3. The molecule has 5 rings (SSSR count). The summed E-state index contributed by atoms with van der Waals surface area (Å²) in [6, 6.07) is 18.6. The van der Waals surface area contributed by atoms with E-state index in [4.69, 9.17) is 21.1 Å². The first kappa shape index (κ1) is 31.3. The molecule has 1 aromatic heterocycles. The number of halogens is 5. The van der Waals surface area contributed by atoms with E-state index in [-0.39, 0.29) is 28.1 Å². The number of alkyl halides is 3. The highest BCUT2D eigenvalue weighted by molar-refractivity contribution is 9.10. The van der Waals surface area contributed by atoms with Gasteiger partial charge in [0, 0.05) is 10.6 Å². The van der Waals surface area contributed by atoms with Crippen molar-refractivity contribution in [3.05, 3.63) is 129 Å². The van der Waals surface area contributed by atoms with Gasteiger partial charge >= 0.3 is 12.1 Å². The first-order valence-electron chi connectivity index (χ1n) is 13.0. The van der Waals surface area contributed by atoms with Crippen LogP contribution in [0.3, 0.4) is 0 Å². The van der Waals surface area contributed by atoms with Crippen LogP contribution in [0.5, 0.6) is 5.75 Å². The minimum atomic E-state index is -5.00. The van der Waals surface area contributed by atoms with Crippen LogP contribution in [0, 0.1) is 11.3 Å². The minimum Gasteiger partial charge on any atom is -0.488 e. The van der Waals surface area contributed by atoms with Crippen molar-refractivity contribution in [3.63, 3.8) is 0 Å². The third-order valence-corrected chi connectivity index (χ3v) is 8.41. The van der Waals surface area contributed by atoms with Crippen LogP contribution in [0.25, 0.3) is 6.08 Å². The van der Waals surface area contributed by atoms with Crippen LogP contribution < -0.4 is 19.6 Å². The number of rotatable bonds is 7. The van der Waals surface area contributed by atoms with Crippen LogP contribution in [-0.2, 0) is 16.1 Å². The van der Waals surface area contributed by atoms with E-state index in [1.807, 2.05) is 0 Å². The molecule has 0 saturated heterocycles. The van der Waals surface area contributed by atoms with E-state index in [1.165, 1.54) is 37.3 Å². The Hall–Kier alpha value is -4.18. The second-order valence-electron chi connectivity index (χ2n) is 9.36. The zero-order valence-corrected chi connectivity index (χ0v) is 25.9. The molecule has 2 heterocycles. The third-order valence-electron chi connectivity index (χ3n) is 6.56. The van der Waals surface area contributed by atoms with E-state index >= 15 is 0 Å². The van der Waals surface area contributed by atoms with E-state index in [9.17, 15) is 28.0 Å². The van der Waals surface area contributed by atoms with Crippen molar-refractivity contribution in [2.24, 2.45) is 4.99 Å². The number of nitrogens with zero attached hydrogens (tertiary/aromatic N) is 3. The van der Waals surface area contributed by atoms with Crippen molar-refractivity contribution in [2.45, 2.75) is 25.7 Å². The first-order chi connectivity index (χ1) is 21.0. The Morgan fingerprint density at radius 3 is 2.57 bits per heavy atom. The topological polar surface area (TPSA) is 93.7 Å². The number of aromatic nitrogens is 1. The number of thiazole rings is 1. The molecule has 0 amide bonds. The molecule has 13 heteroatoms. The average Bonchev–Trinajstić information content (AvgIpc) is 3.30. The van der Waals surface area contributed by atoms with Crippen LogP contribution >= 0.6 is 38.9 Å². The molecule has 0 saturated carbocycles. The second kappa shape index (κ2) is 12.8. The molecule has 0 spiro atoms. The Morgan fingerprint density at radius 1 is 1.18 bits per heavy atom. The molecule has 7 nitrogen and oxygen atoms in total. The van der Waals surface area contributed by atoms with Gasteiger partial charge in [0.05, 0.1) is 38.9 Å². The van der Waals surface area contributed by atoms with Crippen molar-refractivity contribution in [1.29, 1.82) is 5.26 Å². The number of allylic oxidation sites excluding steroid dienone is 1. The molecule has 0 aliphatic carbocycles. The largest absolute Gasteiger partial charge is 0.488 e. The Balaban J connectivity index is 1.59. The monoisotopic (exact) mass is 701 g/mol. The molecule has 44 heavy (non-hydrogen) atoms. The lowest BCUT2D eigenvalue weighted by molar-refractivity contribution is -0.140. The van der Waals surface area contributed by atoms with Gasteiger partial charge in [-0.15, -0.1) is 0 Å². The number of esters is 1. The van der Waals surface area contributed by atoms with E-state index in [1.54, 1.807) is 42.5 Å². The predicted molar refractivity (Wildman–Crippen MR) is 162 cm³/mol. The Bertz CT molecular complexity index is 2010. The van der Waals surface area contributed by atoms with Gasteiger partial charge in [-0.1, -0.05) is 59.3 Å². The predicted octanol–water partition coefficient (Wildman–Crippen LogP) is 6.21. The molecule has 0 unspecified atom stereocenters. The van der Waals surface area contributed by atoms with Gasteiger partial charge in [0.1, 0.15) is 12.4 Å². The maximum Gasteiger partial charge on any atom is 0.434 e. The highest BCUT2D eigenvalue weighted by atomic mass is 79.9. The molecule has 0 bridgehead atoms. The van der Waals surface area contributed by atoms with Gasteiger partial charge in [-0.3, -0.25) is 9.36 Å². The Kier molecular flexibility index (Phi) is 9.10. The van der Waals surface area contributed by atoms with Gasteiger partial charge in [-0.25, -0.2) is 9.79 Å². The molecule has 1 aliphatic heterocycles. The Labute approximate surface area is 265 Å². The zero-order valence-electron chi connectivity index (χ0n) is 22.7. The highest BCUT2D eigenvalue weighted by Crippen LogP contribution is 2.38. The lowest BCUT2D eigenvalue weighted by Crippen LogP contribution is -2.41. The van der Waals surface area contributed by atoms with Crippen molar-refractivity contribution in [3.8, 4) is 11.8 Å². The molecular weight excluding hydrogens is 683 g/mol. The standard InChI is InChI=1S/C31H20BrClF3N3O4S/c1-2-42-29(41)25-26(18-8-10-21(33)11-9-18)39-28(40)24(44-30(39)38-27(25)31(34,35)36)14-17-7-12-23(22(32)13-17)43-16-20-6-4-3-5-19(20)15-37/h3-14,26H,2,16H2,1H3/b24-14-/t26-/m0/s1. The summed E-state index contributed by atoms with van der Waals surface area (Å²) in [6.45, 7) is 1.44. The third kappa shape index (κ3) is 6.36. The molecule has 0 fully saturated rings. The molecule has 4 aromatic rings. The van der Waals surface area contributed by atoms with E-state index in [0.717, 1.165) is 15.9 Å². The SMILES string of the molecule is CCOC(=O)C1=C(C(F)(F)F)N=c2s/c(=C\c3ccc(OCc4ccccc4C#N)c(Br)c3)c(=O)n2[C@H]1c1ccc(Cl)cc1. The highest BCUT2D eigenvalue weighted by Gasteiger charge is 2.45. The van der Waals surface area contributed by atoms with Crippen molar-refractivity contribution >= 4 is 50.9 Å². The summed E-state index contributed by atoms with van der Waals surface area (Å²) in [6.07, 6.45) is -3.49. The summed E-state index contributed by atoms with van der Waals surface area (Å²) in [7, 11) is 0. The normalized spacial score (nSPS) is 14.9. The zero-order chi connectivity index (χ0) is 31.6. The summed E-state index contributed by atoms with van der Waals surface area (Å²) in [5.41, 5.74) is -0.871. The number of ether oxygens (including phenoxy) is 2. The molecule has 224 valence electrons. The number of hydrogen-bond donors (Lipinski definition) is 0.